The van der Waals surface area contributed by atoms with Crippen LogP contribution in [0.2, 0.25) is 0 Å². The van der Waals surface area contributed by atoms with Gasteiger partial charge in [-0.2, -0.15) is 0 Å². The zero-order valence-electron chi connectivity index (χ0n) is 30.9. The molecular formula is C31H52N14O7. The summed E-state index contributed by atoms with van der Waals surface area (Å²) in [5.41, 5.74) is 11.8. The van der Waals surface area contributed by atoms with Crippen LogP contribution in [0.5, 0.6) is 0 Å². The van der Waals surface area contributed by atoms with E-state index in [1.165, 1.54) is 9.36 Å². The zero-order valence-corrected chi connectivity index (χ0v) is 30.9. The highest BCUT2D eigenvalue weighted by molar-refractivity contribution is 6.06. The molecule has 0 unspecified atom stereocenters. The third kappa shape index (κ3) is 12.4. The van der Waals surface area contributed by atoms with Crippen LogP contribution in [0.4, 0.5) is 14.4 Å². The Bertz CT molecular complexity index is 1540. The largest absolute Gasteiger partial charge is 0.368 e. The zero-order chi connectivity index (χ0) is 39.0. The maximum atomic E-state index is 14.1. The fourth-order valence-electron chi connectivity index (χ4n) is 5.14. The topological polar surface area (TPSA) is 252 Å². The van der Waals surface area contributed by atoms with E-state index in [1.54, 1.807) is 54.2 Å². The van der Waals surface area contributed by atoms with Gasteiger partial charge in [0, 0.05) is 52.7 Å². The second-order valence-corrected chi connectivity index (χ2v) is 12.1. The molecule has 0 aromatic carbocycles. The quantitative estimate of drug-likeness (QED) is 0.185. The Morgan fingerprint density at radius 3 is 1.42 bits per heavy atom. The van der Waals surface area contributed by atoms with Crippen LogP contribution in [0.15, 0.2) is 12.4 Å². The maximum absolute atomic E-state index is 14.1. The van der Waals surface area contributed by atoms with Gasteiger partial charge in [0.05, 0.1) is 26.2 Å². The summed E-state index contributed by atoms with van der Waals surface area (Å²) in [4.78, 5) is 99.9. The number of carbonyl (C=O) groups is 7. The van der Waals surface area contributed by atoms with E-state index in [-0.39, 0.29) is 39.3 Å². The molecule has 0 aliphatic carbocycles. The molecule has 21 heteroatoms. The number of primary amides is 1. The van der Waals surface area contributed by atoms with E-state index in [0.29, 0.717) is 37.1 Å². The molecule has 2 aromatic rings. The molecule has 2 heterocycles. The van der Waals surface area contributed by atoms with Gasteiger partial charge < -0.3 is 26.2 Å². The van der Waals surface area contributed by atoms with E-state index in [1.807, 2.05) is 0 Å². The van der Waals surface area contributed by atoms with Gasteiger partial charge in [-0.05, 0) is 25.7 Å². The van der Waals surface area contributed by atoms with Crippen molar-refractivity contribution in [3.8, 4) is 0 Å². The molecule has 21 nitrogen and oxygen atoms in total. The molecule has 0 spiro atoms. The van der Waals surface area contributed by atoms with E-state index in [9.17, 15) is 33.6 Å². The minimum atomic E-state index is -0.982. The minimum Gasteiger partial charge on any atom is -0.368 e. The lowest BCUT2D eigenvalue weighted by atomic mass is 10.3. The van der Waals surface area contributed by atoms with Crippen LogP contribution in [-0.4, -0.2) is 153 Å². The smallest absolute Gasteiger partial charge is 0.336 e. The summed E-state index contributed by atoms with van der Waals surface area (Å²) in [5, 5.41) is 15.6. The van der Waals surface area contributed by atoms with E-state index < -0.39 is 67.9 Å². The van der Waals surface area contributed by atoms with Crippen LogP contribution >= 0.6 is 0 Å². The van der Waals surface area contributed by atoms with Crippen molar-refractivity contribution >= 4 is 41.7 Å². The molecule has 0 aliphatic rings. The van der Waals surface area contributed by atoms with Gasteiger partial charge in [-0.15, -0.1) is 10.2 Å². The molecule has 0 atom stereocenters. The average molecular weight is 733 g/mol. The highest BCUT2D eigenvalue weighted by Gasteiger charge is 2.37. The van der Waals surface area contributed by atoms with Crippen LogP contribution in [0.3, 0.4) is 0 Å². The van der Waals surface area contributed by atoms with Crippen molar-refractivity contribution < 1.29 is 33.6 Å². The van der Waals surface area contributed by atoms with Crippen LogP contribution in [0.1, 0.15) is 64.8 Å². The predicted molar refractivity (Wildman–Crippen MR) is 185 cm³/mol. The monoisotopic (exact) mass is 732 g/mol. The van der Waals surface area contributed by atoms with Gasteiger partial charge in [0.2, 0.25) is 23.6 Å². The number of nitrogens with zero attached hydrogens (tertiary/aromatic N) is 12. The Labute approximate surface area is 302 Å². The van der Waals surface area contributed by atoms with Crippen molar-refractivity contribution in [1.82, 2.24) is 59.4 Å². The number of carbonyl (C=O) groups excluding carboxylic acids is 7. The lowest BCUT2D eigenvalue weighted by Gasteiger charge is -2.35. The molecule has 0 bridgehead atoms. The summed E-state index contributed by atoms with van der Waals surface area (Å²) in [6.45, 7) is 4.61. The number of hydrogen-bond acceptors (Lipinski definition) is 12. The van der Waals surface area contributed by atoms with Gasteiger partial charge in [-0.3, -0.25) is 33.4 Å². The highest BCUT2D eigenvalue weighted by atomic mass is 16.2. The standard InChI is InChI=1S/C31H52N14O7/c1-7-11-40(21-27(48)41(20-25(33)46)18-23-16-38(5)36-34-23)29(50)44(13-9-3)31(52)45(14-10-4)30(51)43(12-8-2)28(49)22-42(26(47)15-32)19-24-17-39(6)37-35-24/h16-17H,7-15,18-22,32H2,1-6H3,(H2,33,46). The fraction of sp³-hybridized carbons (Fsp3) is 0.645. The van der Waals surface area contributed by atoms with Crippen LogP contribution in [-0.2, 0) is 46.4 Å². The van der Waals surface area contributed by atoms with Crippen LogP contribution in [0, 0.1) is 0 Å². The van der Waals surface area contributed by atoms with E-state index >= 15 is 0 Å². The first kappa shape index (κ1) is 42.7. The van der Waals surface area contributed by atoms with Crippen molar-refractivity contribution in [3.63, 3.8) is 0 Å². The van der Waals surface area contributed by atoms with Crippen molar-refractivity contribution in [3.05, 3.63) is 23.8 Å². The molecule has 4 N–H and O–H groups in total. The second kappa shape index (κ2) is 21.0. The molecule has 2 aromatic heterocycles. The number of hydrogen-bond donors (Lipinski definition) is 2. The maximum Gasteiger partial charge on any atom is 0.336 e. The van der Waals surface area contributed by atoms with Gasteiger partial charge in [0.1, 0.15) is 24.5 Å². The van der Waals surface area contributed by atoms with Crippen LogP contribution in [0.25, 0.3) is 0 Å². The Morgan fingerprint density at radius 2 is 1.00 bits per heavy atom. The summed E-state index contributed by atoms with van der Waals surface area (Å²) in [6, 6.07) is -2.79. The molecule has 0 saturated carbocycles. The van der Waals surface area contributed by atoms with Crippen molar-refractivity contribution in [1.29, 1.82) is 0 Å². The van der Waals surface area contributed by atoms with Crippen molar-refractivity contribution in [2.45, 2.75) is 66.5 Å². The third-order valence-corrected chi connectivity index (χ3v) is 7.45. The summed E-state index contributed by atoms with van der Waals surface area (Å²) in [5.74, 6) is -2.75. The number of aromatic nitrogens is 6. The second-order valence-electron chi connectivity index (χ2n) is 12.1. The van der Waals surface area contributed by atoms with Crippen LogP contribution < -0.4 is 11.5 Å². The lowest BCUT2D eigenvalue weighted by molar-refractivity contribution is -0.139. The molecule has 0 radical (unpaired) electrons. The first-order valence-electron chi connectivity index (χ1n) is 17.2. The first-order chi connectivity index (χ1) is 24.7. The van der Waals surface area contributed by atoms with Gasteiger partial charge in [-0.25, -0.2) is 24.2 Å². The minimum absolute atomic E-state index is 0.0621. The molecule has 52 heavy (non-hydrogen) atoms. The molecule has 0 aliphatic heterocycles. The average Bonchev–Trinajstić information content (AvgIpc) is 3.72. The van der Waals surface area contributed by atoms with Gasteiger partial charge >= 0.3 is 18.1 Å². The Kier molecular flexibility index (Phi) is 17.3. The summed E-state index contributed by atoms with van der Waals surface area (Å²) < 4.78 is 2.86. The van der Waals surface area contributed by atoms with E-state index in [0.717, 1.165) is 29.4 Å². The molecule has 2 rings (SSSR count). The summed E-state index contributed by atoms with van der Waals surface area (Å²) >= 11 is 0. The van der Waals surface area contributed by atoms with Crippen molar-refractivity contribution in [2.75, 3.05) is 52.4 Å². The Morgan fingerprint density at radius 1 is 0.577 bits per heavy atom. The highest BCUT2D eigenvalue weighted by Crippen LogP contribution is 2.14. The SMILES string of the molecule is CCCN(CC(=O)N(CC(N)=O)Cc1cn(C)nn1)C(=O)N(CCC)C(=O)N(CCC)C(=O)N(CCC)C(=O)CN(Cc1cn(C)nn1)C(=O)CN. The number of rotatable bonds is 19. The van der Waals surface area contributed by atoms with Crippen molar-refractivity contribution in [2.24, 2.45) is 25.6 Å². The number of urea groups is 3. The van der Waals surface area contributed by atoms with Gasteiger partial charge in [-0.1, -0.05) is 38.1 Å². The number of nitrogens with two attached hydrogens (primary N) is 2. The molecule has 0 saturated heterocycles. The number of imide groups is 3. The summed E-state index contributed by atoms with van der Waals surface area (Å²) in [6.07, 6.45) is 4.49. The predicted octanol–water partition coefficient (Wildman–Crippen LogP) is -0.520. The van der Waals surface area contributed by atoms with E-state index in [2.05, 4.69) is 20.6 Å². The summed E-state index contributed by atoms with van der Waals surface area (Å²) in [7, 11) is 3.28. The van der Waals surface area contributed by atoms with E-state index in [4.69, 9.17) is 11.5 Å². The van der Waals surface area contributed by atoms with Gasteiger partial charge in [0.15, 0.2) is 0 Å². The molecule has 288 valence electrons. The molecular weight excluding hydrogens is 680 g/mol. The lowest BCUT2D eigenvalue weighted by Crippen LogP contribution is -2.58. The fourth-order valence-corrected chi connectivity index (χ4v) is 5.14. The first-order valence-corrected chi connectivity index (χ1v) is 17.2. The Balaban J connectivity index is 2.37. The Hall–Kier alpha value is -5.47. The third-order valence-electron chi connectivity index (χ3n) is 7.45. The van der Waals surface area contributed by atoms with Gasteiger partial charge in [0.25, 0.3) is 0 Å². The number of aryl methyl sites for hydroxylation is 2. The molecule has 0 fully saturated rings. The number of amides is 10. The molecule has 10 amide bonds. The normalized spacial score (nSPS) is 10.8.